The molecule has 0 unspecified atom stereocenters. The average molecular weight is 287 g/mol. The Hall–Kier alpha value is -2.23. The van der Waals surface area contributed by atoms with Crippen molar-refractivity contribution < 1.29 is 13.6 Å². The topological polar surface area (TPSA) is 29.1 Å². The highest BCUT2D eigenvalue weighted by Crippen LogP contribution is 2.33. The van der Waals surface area contributed by atoms with Crippen LogP contribution in [0.3, 0.4) is 0 Å². The van der Waals surface area contributed by atoms with Crippen LogP contribution in [-0.2, 0) is 6.54 Å². The maximum atomic E-state index is 14.4. The van der Waals surface area contributed by atoms with Crippen LogP contribution in [0, 0.1) is 11.6 Å². The molecule has 1 aliphatic rings. The van der Waals surface area contributed by atoms with Gasteiger partial charge in [0.1, 0.15) is 11.6 Å². The number of hydrogen-bond donors (Lipinski definition) is 1. The molecule has 108 valence electrons. The second-order valence-corrected chi connectivity index (χ2v) is 5.56. The van der Waals surface area contributed by atoms with Crippen LogP contribution in [0.2, 0.25) is 0 Å². The van der Waals surface area contributed by atoms with Gasteiger partial charge < -0.3 is 5.32 Å². The van der Waals surface area contributed by atoms with Crippen molar-refractivity contribution in [1.82, 2.24) is 5.32 Å². The van der Waals surface area contributed by atoms with Gasteiger partial charge in [-0.2, -0.15) is 0 Å². The molecule has 4 heteroatoms. The largest absolute Gasteiger partial charge is 0.348 e. The fourth-order valence-corrected chi connectivity index (χ4v) is 2.66. The zero-order valence-electron chi connectivity index (χ0n) is 11.8. The molecule has 1 heterocycles. The molecule has 0 bridgehead atoms. The molecule has 0 radical (unpaired) electrons. The van der Waals surface area contributed by atoms with Crippen LogP contribution in [0.5, 0.6) is 0 Å². The molecule has 2 aromatic rings. The third-order valence-corrected chi connectivity index (χ3v) is 3.80. The lowest BCUT2D eigenvalue weighted by molar-refractivity contribution is 0.0966. The van der Waals surface area contributed by atoms with Gasteiger partial charge in [0.25, 0.3) is 5.91 Å². The minimum absolute atomic E-state index is 0.204. The molecule has 21 heavy (non-hydrogen) atoms. The molecule has 0 aromatic heterocycles. The summed E-state index contributed by atoms with van der Waals surface area (Å²) in [5.74, 6) is -0.983. The highest BCUT2D eigenvalue weighted by atomic mass is 19.1. The quantitative estimate of drug-likeness (QED) is 0.888. The van der Waals surface area contributed by atoms with Crippen LogP contribution in [-0.4, -0.2) is 5.91 Å². The standard InChI is InChI=1S/C17H15F2NO/c1-9(2)10-3-4-13(15(19)6-10)14-7-12(18)5-11-8-20-17(21)16(11)14/h3-7,9H,8H2,1-2H3,(H,20,21). The van der Waals surface area contributed by atoms with Gasteiger partial charge in [-0.05, 0) is 35.2 Å². The van der Waals surface area contributed by atoms with E-state index in [2.05, 4.69) is 5.32 Å². The van der Waals surface area contributed by atoms with Crippen molar-refractivity contribution in [2.24, 2.45) is 0 Å². The van der Waals surface area contributed by atoms with Gasteiger partial charge in [-0.25, -0.2) is 8.78 Å². The first-order valence-electron chi connectivity index (χ1n) is 6.88. The van der Waals surface area contributed by atoms with Gasteiger partial charge in [-0.3, -0.25) is 4.79 Å². The second-order valence-electron chi connectivity index (χ2n) is 5.56. The molecule has 3 rings (SSSR count). The molecule has 0 saturated carbocycles. The minimum Gasteiger partial charge on any atom is -0.348 e. The lowest BCUT2D eigenvalue weighted by atomic mass is 9.93. The van der Waals surface area contributed by atoms with E-state index in [-0.39, 0.29) is 23.9 Å². The summed E-state index contributed by atoms with van der Waals surface area (Å²) in [6, 6.07) is 7.41. The Labute approximate surface area is 121 Å². The third-order valence-electron chi connectivity index (χ3n) is 3.80. The Morgan fingerprint density at radius 3 is 2.52 bits per heavy atom. The zero-order valence-corrected chi connectivity index (χ0v) is 11.8. The van der Waals surface area contributed by atoms with Gasteiger partial charge in [0.2, 0.25) is 0 Å². The Bertz CT molecular complexity index is 738. The lowest BCUT2D eigenvalue weighted by Gasteiger charge is -2.11. The summed E-state index contributed by atoms with van der Waals surface area (Å²) in [7, 11) is 0. The highest BCUT2D eigenvalue weighted by Gasteiger charge is 2.25. The molecule has 1 N–H and O–H groups in total. The summed E-state index contributed by atoms with van der Waals surface area (Å²) >= 11 is 0. The predicted molar refractivity (Wildman–Crippen MR) is 77.1 cm³/mol. The predicted octanol–water partition coefficient (Wildman–Crippen LogP) is 4.00. The zero-order chi connectivity index (χ0) is 15.1. The van der Waals surface area contributed by atoms with E-state index in [4.69, 9.17) is 0 Å². The molecule has 0 fully saturated rings. The normalized spacial score (nSPS) is 13.5. The number of benzene rings is 2. The van der Waals surface area contributed by atoms with Gasteiger partial charge in [0.05, 0.1) is 5.56 Å². The van der Waals surface area contributed by atoms with Gasteiger partial charge in [-0.1, -0.05) is 26.0 Å². The summed E-state index contributed by atoms with van der Waals surface area (Å²) in [5, 5.41) is 2.64. The molecule has 2 aromatic carbocycles. The van der Waals surface area contributed by atoms with Crippen LogP contribution in [0.25, 0.3) is 11.1 Å². The molecular formula is C17H15F2NO. The number of fused-ring (bicyclic) bond motifs is 1. The average Bonchev–Trinajstić information content (AvgIpc) is 2.79. The molecular weight excluding hydrogens is 272 g/mol. The van der Waals surface area contributed by atoms with Crippen molar-refractivity contribution in [3.63, 3.8) is 0 Å². The van der Waals surface area contributed by atoms with E-state index >= 15 is 0 Å². The maximum absolute atomic E-state index is 14.4. The number of halogens is 2. The van der Waals surface area contributed by atoms with Crippen LogP contribution < -0.4 is 5.32 Å². The third kappa shape index (κ3) is 2.31. The fraction of sp³-hybridized carbons (Fsp3) is 0.235. The van der Waals surface area contributed by atoms with Crippen LogP contribution >= 0.6 is 0 Å². The first-order chi connectivity index (χ1) is 9.97. The molecule has 1 amide bonds. The smallest absolute Gasteiger partial charge is 0.252 e. The van der Waals surface area contributed by atoms with Crippen molar-refractivity contribution in [3.05, 3.63) is 58.7 Å². The van der Waals surface area contributed by atoms with Crippen molar-refractivity contribution >= 4 is 5.91 Å². The van der Waals surface area contributed by atoms with E-state index < -0.39 is 11.6 Å². The number of amides is 1. The Balaban J connectivity index is 2.20. The maximum Gasteiger partial charge on any atom is 0.252 e. The molecule has 2 nitrogen and oxygen atoms in total. The molecule has 1 aliphatic heterocycles. The van der Waals surface area contributed by atoms with Crippen LogP contribution in [0.4, 0.5) is 8.78 Å². The Morgan fingerprint density at radius 2 is 1.86 bits per heavy atom. The van der Waals surface area contributed by atoms with E-state index in [1.807, 2.05) is 19.9 Å². The number of carbonyl (C=O) groups is 1. The van der Waals surface area contributed by atoms with Gasteiger partial charge in [-0.15, -0.1) is 0 Å². The number of rotatable bonds is 2. The summed E-state index contributed by atoms with van der Waals surface area (Å²) in [6.45, 7) is 4.23. The van der Waals surface area contributed by atoms with Crippen molar-refractivity contribution in [2.75, 3.05) is 0 Å². The van der Waals surface area contributed by atoms with E-state index in [0.717, 1.165) is 5.56 Å². The summed E-state index contributed by atoms with van der Waals surface area (Å²) in [5.41, 5.74) is 2.38. The van der Waals surface area contributed by atoms with E-state index in [0.29, 0.717) is 16.7 Å². The molecule has 0 atom stereocenters. The van der Waals surface area contributed by atoms with Gasteiger partial charge in [0, 0.05) is 17.7 Å². The van der Waals surface area contributed by atoms with E-state index in [9.17, 15) is 13.6 Å². The molecule has 0 spiro atoms. The number of hydrogen-bond acceptors (Lipinski definition) is 1. The lowest BCUT2D eigenvalue weighted by Crippen LogP contribution is -2.13. The summed E-state index contributed by atoms with van der Waals surface area (Å²) in [4.78, 5) is 11.9. The van der Waals surface area contributed by atoms with Crippen LogP contribution in [0.15, 0.2) is 30.3 Å². The number of carbonyl (C=O) groups excluding carboxylic acids is 1. The van der Waals surface area contributed by atoms with Crippen molar-refractivity contribution in [3.8, 4) is 11.1 Å². The SMILES string of the molecule is CC(C)c1ccc(-c2cc(F)cc3c2C(=O)NC3)c(F)c1. The minimum atomic E-state index is -0.465. The number of nitrogens with one attached hydrogen (secondary N) is 1. The first kappa shape index (κ1) is 13.7. The second kappa shape index (κ2) is 4.95. The molecule has 0 aliphatic carbocycles. The summed E-state index contributed by atoms with van der Waals surface area (Å²) in [6.07, 6.45) is 0. The monoisotopic (exact) mass is 287 g/mol. The Morgan fingerprint density at radius 1 is 1.10 bits per heavy atom. The Kier molecular flexibility index (Phi) is 3.24. The van der Waals surface area contributed by atoms with Gasteiger partial charge >= 0.3 is 0 Å². The van der Waals surface area contributed by atoms with Crippen molar-refractivity contribution in [2.45, 2.75) is 26.3 Å². The fourth-order valence-electron chi connectivity index (χ4n) is 2.66. The van der Waals surface area contributed by atoms with E-state index in [1.165, 1.54) is 18.2 Å². The highest BCUT2D eigenvalue weighted by molar-refractivity contribution is 6.04. The van der Waals surface area contributed by atoms with Gasteiger partial charge in [0.15, 0.2) is 0 Å². The molecule has 0 saturated heterocycles. The first-order valence-corrected chi connectivity index (χ1v) is 6.88. The van der Waals surface area contributed by atoms with Crippen molar-refractivity contribution in [1.29, 1.82) is 0 Å². The summed E-state index contributed by atoms with van der Waals surface area (Å²) < 4.78 is 28.1. The van der Waals surface area contributed by atoms with Crippen LogP contribution in [0.1, 0.15) is 41.3 Å². The van der Waals surface area contributed by atoms with E-state index in [1.54, 1.807) is 6.07 Å².